The molecule has 2 aromatic carbocycles. The molecular formula is C32H36Cl3N7O. The average molecular weight is 641 g/mol. The van der Waals surface area contributed by atoms with Gasteiger partial charge in [0.05, 0.1) is 5.69 Å². The number of nitrogens with one attached hydrogen (secondary N) is 3. The number of halogens is 3. The van der Waals surface area contributed by atoms with Crippen LogP contribution in [0.25, 0.3) is 5.82 Å². The second kappa shape index (κ2) is 14.4. The summed E-state index contributed by atoms with van der Waals surface area (Å²) in [6.45, 7) is 4.72. The molecule has 2 heterocycles. The standard InChI is InChI=1S/C32H36Cl3N7O/c1-20-10-23(12-26(34)11-20)16-37-32-40-29(15-30(41-32)42-18-21(2)38-19-42)39-28(13-22-6-4-3-5-7-22)31(43)36-17-24-8-9-25(33)14-27(24)35/h8-12,14-15,18-19,22,28H,3-7,13,16-17H2,1-2H3,(H,36,43)(H2,37,39,40,41)/t28-/m1/s1. The Kier molecular flexibility index (Phi) is 10.4. The van der Waals surface area contributed by atoms with E-state index in [2.05, 4.69) is 27.0 Å². The predicted octanol–water partition coefficient (Wildman–Crippen LogP) is 7.92. The zero-order valence-corrected chi connectivity index (χ0v) is 26.6. The maximum atomic E-state index is 13.7. The van der Waals surface area contributed by atoms with Crippen molar-refractivity contribution in [3.8, 4) is 5.82 Å². The largest absolute Gasteiger partial charge is 0.358 e. The van der Waals surface area contributed by atoms with E-state index in [0.717, 1.165) is 35.2 Å². The zero-order valence-electron chi connectivity index (χ0n) is 24.3. The third-order valence-electron chi connectivity index (χ3n) is 7.64. The predicted molar refractivity (Wildman–Crippen MR) is 174 cm³/mol. The Bertz CT molecular complexity index is 1550. The number of amides is 1. The van der Waals surface area contributed by atoms with Crippen molar-refractivity contribution in [2.24, 2.45) is 5.92 Å². The summed E-state index contributed by atoms with van der Waals surface area (Å²) in [7, 11) is 0. The first-order valence-corrected chi connectivity index (χ1v) is 15.7. The summed E-state index contributed by atoms with van der Waals surface area (Å²) in [6, 6.07) is 12.5. The third kappa shape index (κ3) is 8.85. The number of hydrogen-bond acceptors (Lipinski definition) is 6. The van der Waals surface area contributed by atoms with Gasteiger partial charge in [0, 0.05) is 40.4 Å². The summed E-state index contributed by atoms with van der Waals surface area (Å²) in [5.74, 6) is 1.94. The SMILES string of the molecule is Cc1cc(Cl)cc(CNc2nc(N[C@H](CC3CCCCC3)C(=O)NCc3ccc(Cl)cc3Cl)cc(-n3cnc(C)c3)n2)c1. The van der Waals surface area contributed by atoms with Crippen molar-refractivity contribution in [3.63, 3.8) is 0 Å². The highest BCUT2D eigenvalue weighted by atomic mass is 35.5. The summed E-state index contributed by atoms with van der Waals surface area (Å²) >= 11 is 18.7. The van der Waals surface area contributed by atoms with Gasteiger partial charge in [0.2, 0.25) is 11.9 Å². The summed E-state index contributed by atoms with van der Waals surface area (Å²) in [6.07, 6.45) is 10.2. The number of anilines is 2. The van der Waals surface area contributed by atoms with Crippen LogP contribution in [-0.4, -0.2) is 31.5 Å². The van der Waals surface area contributed by atoms with E-state index in [0.29, 0.717) is 58.1 Å². The zero-order chi connectivity index (χ0) is 30.3. The molecule has 1 aliphatic rings. The van der Waals surface area contributed by atoms with Crippen molar-refractivity contribution in [1.82, 2.24) is 24.8 Å². The van der Waals surface area contributed by atoms with Gasteiger partial charge in [-0.15, -0.1) is 0 Å². The van der Waals surface area contributed by atoms with Gasteiger partial charge in [-0.1, -0.05) is 79.0 Å². The first-order valence-electron chi connectivity index (χ1n) is 14.6. The number of carbonyl (C=O) groups excluding carboxylic acids is 1. The van der Waals surface area contributed by atoms with Crippen molar-refractivity contribution in [3.05, 3.63) is 92.4 Å². The second-order valence-corrected chi connectivity index (χ2v) is 12.5. The molecule has 1 fully saturated rings. The summed E-state index contributed by atoms with van der Waals surface area (Å²) in [4.78, 5) is 27.5. The van der Waals surface area contributed by atoms with Crippen LogP contribution in [0.5, 0.6) is 0 Å². The van der Waals surface area contributed by atoms with Crippen molar-refractivity contribution in [2.45, 2.75) is 71.5 Å². The lowest BCUT2D eigenvalue weighted by atomic mass is 9.84. The molecule has 0 spiro atoms. The van der Waals surface area contributed by atoms with Gasteiger partial charge >= 0.3 is 0 Å². The molecule has 0 aliphatic heterocycles. The molecule has 11 heteroatoms. The highest BCUT2D eigenvalue weighted by Gasteiger charge is 2.25. The first kappa shape index (κ1) is 31.1. The van der Waals surface area contributed by atoms with Gasteiger partial charge in [-0.25, -0.2) is 4.98 Å². The topological polar surface area (TPSA) is 96.8 Å². The minimum Gasteiger partial charge on any atom is -0.358 e. The number of rotatable bonds is 11. The van der Waals surface area contributed by atoms with E-state index in [9.17, 15) is 4.79 Å². The van der Waals surface area contributed by atoms with Crippen LogP contribution in [0.2, 0.25) is 15.1 Å². The number of hydrogen-bond donors (Lipinski definition) is 3. The number of carbonyl (C=O) groups is 1. The molecular weight excluding hydrogens is 605 g/mol. The van der Waals surface area contributed by atoms with Crippen LogP contribution in [0.1, 0.15) is 60.9 Å². The van der Waals surface area contributed by atoms with E-state index in [1.807, 2.05) is 48.9 Å². The molecule has 1 aliphatic carbocycles. The molecule has 43 heavy (non-hydrogen) atoms. The molecule has 1 atom stereocenters. The summed E-state index contributed by atoms with van der Waals surface area (Å²) < 4.78 is 1.84. The molecule has 8 nitrogen and oxygen atoms in total. The highest BCUT2D eigenvalue weighted by Crippen LogP contribution is 2.29. The summed E-state index contributed by atoms with van der Waals surface area (Å²) in [5, 5.41) is 11.6. The Labute approximate surface area is 267 Å². The van der Waals surface area contributed by atoms with E-state index in [1.165, 1.54) is 19.3 Å². The lowest BCUT2D eigenvalue weighted by molar-refractivity contribution is -0.122. The fraction of sp³-hybridized carbons (Fsp3) is 0.375. The van der Waals surface area contributed by atoms with E-state index in [1.54, 1.807) is 18.5 Å². The molecule has 0 radical (unpaired) electrons. The molecule has 5 rings (SSSR count). The minimum absolute atomic E-state index is 0.112. The van der Waals surface area contributed by atoms with Gasteiger partial charge in [-0.3, -0.25) is 9.36 Å². The molecule has 4 aromatic rings. The Hall–Kier alpha value is -3.33. The molecule has 0 bridgehead atoms. The Balaban J connectivity index is 1.39. The lowest BCUT2D eigenvalue weighted by Crippen LogP contribution is -2.41. The van der Waals surface area contributed by atoms with E-state index >= 15 is 0 Å². The molecule has 1 saturated carbocycles. The second-order valence-electron chi connectivity index (χ2n) is 11.2. The van der Waals surface area contributed by atoms with E-state index < -0.39 is 6.04 Å². The van der Waals surface area contributed by atoms with E-state index in [4.69, 9.17) is 44.8 Å². The average Bonchev–Trinajstić information content (AvgIpc) is 3.41. The van der Waals surface area contributed by atoms with Gasteiger partial charge in [0.1, 0.15) is 24.0 Å². The van der Waals surface area contributed by atoms with Gasteiger partial charge in [-0.2, -0.15) is 9.97 Å². The smallest absolute Gasteiger partial charge is 0.242 e. The number of imidazole rings is 1. The third-order valence-corrected chi connectivity index (χ3v) is 8.45. The molecule has 0 unspecified atom stereocenters. The number of nitrogens with zero attached hydrogens (tertiary/aromatic N) is 4. The molecule has 2 aromatic heterocycles. The van der Waals surface area contributed by atoms with Crippen LogP contribution in [-0.2, 0) is 17.9 Å². The van der Waals surface area contributed by atoms with Crippen molar-refractivity contribution < 1.29 is 4.79 Å². The van der Waals surface area contributed by atoms with Crippen molar-refractivity contribution in [2.75, 3.05) is 10.6 Å². The maximum Gasteiger partial charge on any atom is 0.242 e. The quantitative estimate of drug-likeness (QED) is 0.154. The highest BCUT2D eigenvalue weighted by molar-refractivity contribution is 6.35. The molecule has 1 amide bonds. The van der Waals surface area contributed by atoms with Gasteiger partial charge in [0.15, 0.2) is 0 Å². The monoisotopic (exact) mass is 639 g/mol. The number of aromatic nitrogens is 4. The molecule has 3 N–H and O–H groups in total. The fourth-order valence-corrected chi connectivity index (χ4v) is 6.29. The van der Waals surface area contributed by atoms with Crippen LogP contribution < -0.4 is 16.0 Å². The van der Waals surface area contributed by atoms with Crippen molar-refractivity contribution in [1.29, 1.82) is 0 Å². The minimum atomic E-state index is -0.495. The van der Waals surface area contributed by atoms with Crippen LogP contribution in [0.3, 0.4) is 0 Å². The number of aryl methyl sites for hydroxylation is 2. The maximum absolute atomic E-state index is 13.7. The molecule has 0 saturated heterocycles. The van der Waals surface area contributed by atoms with Gasteiger partial charge in [-0.05, 0) is 67.1 Å². The lowest BCUT2D eigenvalue weighted by Gasteiger charge is -2.27. The van der Waals surface area contributed by atoms with Crippen LogP contribution in [0, 0.1) is 19.8 Å². The number of benzene rings is 2. The van der Waals surface area contributed by atoms with Crippen LogP contribution in [0.15, 0.2) is 55.0 Å². The van der Waals surface area contributed by atoms with Crippen LogP contribution >= 0.6 is 34.8 Å². The summed E-state index contributed by atoms with van der Waals surface area (Å²) in [5.41, 5.74) is 3.76. The van der Waals surface area contributed by atoms with E-state index in [-0.39, 0.29) is 5.91 Å². The first-order chi connectivity index (χ1) is 20.7. The Morgan fingerprint density at radius 3 is 2.51 bits per heavy atom. The van der Waals surface area contributed by atoms with Crippen molar-refractivity contribution >= 4 is 52.5 Å². The Morgan fingerprint density at radius 2 is 1.79 bits per heavy atom. The van der Waals surface area contributed by atoms with Gasteiger partial charge in [0.25, 0.3) is 0 Å². The molecule has 226 valence electrons. The normalized spacial score (nSPS) is 14.3. The van der Waals surface area contributed by atoms with Gasteiger partial charge < -0.3 is 16.0 Å². The Morgan fingerprint density at radius 1 is 0.977 bits per heavy atom. The fourth-order valence-electron chi connectivity index (χ4n) is 5.50. The van der Waals surface area contributed by atoms with Crippen LogP contribution in [0.4, 0.5) is 11.8 Å².